The summed E-state index contributed by atoms with van der Waals surface area (Å²) in [7, 11) is 1.35. The SMILES string of the molecule is COc1cc(N2CC(=O)CC2=O)ccc1C(=O)O. The van der Waals surface area contributed by atoms with E-state index in [9.17, 15) is 14.4 Å². The summed E-state index contributed by atoms with van der Waals surface area (Å²) < 4.78 is 4.97. The summed E-state index contributed by atoms with van der Waals surface area (Å²) in [5.74, 6) is -1.39. The van der Waals surface area contributed by atoms with Gasteiger partial charge in [0, 0.05) is 11.8 Å². The molecule has 2 rings (SSSR count). The van der Waals surface area contributed by atoms with Gasteiger partial charge in [-0.25, -0.2) is 4.79 Å². The Hall–Kier alpha value is -2.37. The fourth-order valence-corrected chi connectivity index (χ4v) is 1.84. The van der Waals surface area contributed by atoms with Crippen LogP contribution in [0.15, 0.2) is 18.2 Å². The van der Waals surface area contributed by atoms with Crippen LogP contribution in [0.4, 0.5) is 5.69 Å². The van der Waals surface area contributed by atoms with Crippen molar-refractivity contribution in [1.29, 1.82) is 0 Å². The summed E-state index contributed by atoms with van der Waals surface area (Å²) >= 11 is 0. The van der Waals surface area contributed by atoms with Crippen LogP contribution >= 0.6 is 0 Å². The number of hydrogen-bond acceptors (Lipinski definition) is 4. The van der Waals surface area contributed by atoms with Crippen LogP contribution in [-0.4, -0.2) is 36.4 Å². The number of carbonyl (C=O) groups is 3. The molecule has 18 heavy (non-hydrogen) atoms. The third kappa shape index (κ3) is 2.04. The minimum absolute atomic E-state index is 0.0132. The lowest BCUT2D eigenvalue weighted by molar-refractivity contribution is -0.121. The van der Waals surface area contributed by atoms with Crippen molar-refractivity contribution < 1.29 is 24.2 Å². The Morgan fingerprint density at radius 2 is 2.11 bits per heavy atom. The van der Waals surface area contributed by atoms with Crippen LogP contribution in [0.2, 0.25) is 0 Å². The zero-order valence-corrected chi connectivity index (χ0v) is 9.67. The Morgan fingerprint density at radius 1 is 1.39 bits per heavy atom. The van der Waals surface area contributed by atoms with Crippen LogP contribution in [0.3, 0.4) is 0 Å². The van der Waals surface area contributed by atoms with E-state index in [0.29, 0.717) is 5.69 Å². The fourth-order valence-electron chi connectivity index (χ4n) is 1.84. The van der Waals surface area contributed by atoms with Crippen molar-refractivity contribution in [3.05, 3.63) is 23.8 Å². The Morgan fingerprint density at radius 3 is 2.61 bits per heavy atom. The molecule has 1 fully saturated rings. The Kier molecular flexibility index (Phi) is 3.01. The van der Waals surface area contributed by atoms with Crippen LogP contribution in [0.5, 0.6) is 5.75 Å². The second-order valence-electron chi connectivity index (χ2n) is 3.89. The number of Topliss-reactive ketones (excluding diaryl/α,β-unsaturated/α-hetero) is 1. The highest BCUT2D eigenvalue weighted by molar-refractivity contribution is 6.15. The predicted molar refractivity (Wildman–Crippen MR) is 61.9 cm³/mol. The Balaban J connectivity index is 2.39. The van der Waals surface area contributed by atoms with Gasteiger partial charge in [0.05, 0.1) is 20.1 Å². The maximum absolute atomic E-state index is 11.6. The molecule has 0 spiro atoms. The molecule has 1 aliphatic heterocycles. The summed E-state index contributed by atoms with van der Waals surface area (Å²) in [5, 5.41) is 8.93. The van der Waals surface area contributed by atoms with E-state index in [1.54, 1.807) is 0 Å². The first-order chi connectivity index (χ1) is 8.52. The van der Waals surface area contributed by atoms with Crippen molar-refractivity contribution in [3.63, 3.8) is 0 Å². The lowest BCUT2D eigenvalue weighted by atomic mass is 10.1. The largest absolute Gasteiger partial charge is 0.496 e. The van der Waals surface area contributed by atoms with Gasteiger partial charge in [0.1, 0.15) is 11.3 Å². The number of methoxy groups -OCH3 is 1. The number of carbonyl (C=O) groups excluding carboxylic acids is 2. The number of hydrogen-bond donors (Lipinski definition) is 1. The number of nitrogens with zero attached hydrogens (tertiary/aromatic N) is 1. The van der Waals surface area contributed by atoms with Crippen molar-refractivity contribution in [1.82, 2.24) is 0 Å². The van der Waals surface area contributed by atoms with E-state index in [1.165, 1.54) is 30.2 Å². The molecule has 1 aromatic carbocycles. The van der Waals surface area contributed by atoms with Gasteiger partial charge in [-0.2, -0.15) is 0 Å². The van der Waals surface area contributed by atoms with E-state index in [-0.39, 0.29) is 36.0 Å². The van der Waals surface area contributed by atoms with Crippen molar-refractivity contribution >= 4 is 23.3 Å². The molecule has 0 unspecified atom stereocenters. The highest BCUT2D eigenvalue weighted by atomic mass is 16.5. The molecule has 1 aromatic rings. The summed E-state index contributed by atoms with van der Waals surface area (Å²) in [6.45, 7) is 0.0222. The van der Waals surface area contributed by atoms with Gasteiger partial charge in [0.15, 0.2) is 5.78 Å². The molecular weight excluding hydrogens is 238 g/mol. The molecule has 0 radical (unpaired) electrons. The monoisotopic (exact) mass is 249 g/mol. The molecule has 1 aliphatic rings. The minimum atomic E-state index is -1.11. The standard InChI is InChI=1S/C12H11NO5/c1-18-10-4-7(2-3-9(10)12(16)17)13-6-8(14)5-11(13)15/h2-4H,5-6H2,1H3,(H,16,17). The van der Waals surface area contributed by atoms with Crippen LogP contribution in [0, 0.1) is 0 Å². The van der Waals surface area contributed by atoms with Crippen molar-refractivity contribution in [2.75, 3.05) is 18.6 Å². The number of benzene rings is 1. The molecule has 0 bridgehead atoms. The van der Waals surface area contributed by atoms with Crippen LogP contribution in [0.1, 0.15) is 16.8 Å². The van der Waals surface area contributed by atoms with E-state index >= 15 is 0 Å². The maximum atomic E-state index is 11.6. The lowest BCUT2D eigenvalue weighted by Gasteiger charge is -2.16. The van der Waals surface area contributed by atoms with E-state index in [2.05, 4.69) is 0 Å². The second kappa shape index (κ2) is 4.48. The lowest BCUT2D eigenvalue weighted by Crippen LogP contribution is -2.24. The first-order valence-corrected chi connectivity index (χ1v) is 5.26. The molecule has 6 nitrogen and oxygen atoms in total. The third-order valence-corrected chi connectivity index (χ3v) is 2.71. The molecule has 1 saturated heterocycles. The average molecular weight is 249 g/mol. The average Bonchev–Trinajstić information content (AvgIpc) is 2.67. The van der Waals surface area contributed by atoms with Gasteiger partial charge in [0.25, 0.3) is 0 Å². The van der Waals surface area contributed by atoms with E-state index < -0.39 is 5.97 Å². The van der Waals surface area contributed by atoms with Crippen LogP contribution in [-0.2, 0) is 9.59 Å². The smallest absolute Gasteiger partial charge is 0.339 e. The number of rotatable bonds is 3. The van der Waals surface area contributed by atoms with Crippen LogP contribution in [0.25, 0.3) is 0 Å². The van der Waals surface area contributed by atoms with Crippen molar-refractivity contribution in [3.8, 4) is 5.75 Å². The normalized spacial score (nSPS) is 15.1. The number of carboxylic acids is 1. The van der Waals surface area contributed by atoms with Crippen LogP contribution < -0.4 is 9.64 Å². The van der Waals surface area contributed by atoms with Gasteiger partial charge in [-0.1, -0.05) is 0 Å². The predicted octanol–water partition coefficient (Wildman–Crippen LogP) is 0.699. The van der Waals surface area contributed by atoms with Crippen molar-refractivity contribution in [2.45, 2.75) is 6.42 Å². The van der Waals surface area contributed by atoms with E-state index in [0.717, 1.165) is 0 Å². The highest BCUT2D eigenvalue weighted by Gasteiger charge is 2.29. The zero-order chi connectivity index (χ0) is 13.3. The Labute approximate surface area is 103 Å². The first-order valence-electron chi connectivity index (χ1n) is 5.26. The van der Waals surface area contributed by atoms with Gasteiger partial charge < -0.3 is 14.7 Å². The minimum Gasteiger partial charge on any atom is -0.496 e. The summed E-state index contributed by atoms with van der Waals surface area (Å²) in [5.41, 5.74) is 0.479. The highest BCUT2D eigenvalue weighted by Crippen LogP contribution is 2.27. The molecular formula is C12H11NO5. The first kappa shape index (κ1) is 12.1. The fraction of sp³-hybridized carbons (Fsp3) is 0.250. The molecule has 1 amide bonds. The van der Waals surface area contributed by atoms with E-state index in [1.807, 2.05) is 0 Å². The quantitative estimate of drug-likeness (QED) is 0.797. The number of ether oxygens (including phenoxy) is 1. The molecule has 6 heteroatoms. The molecule has 1 N–H and O–H groups in total. The van der Waals surface area contributed by atoms with Gasteiger partial charge in [0.2, 0.25) is 5.91 Å². The molecule has 94 valence electrons. The number of ketones is 1. The summed E-state index contributed by atoms with van der Waals surface area (Å²) in [4.78, 5) is 35.0. The second-order valence-corrected chi connectivity index (χ2v) is 3.89. The molecule has 0 aliphatic carbocycles. The summed E-state index contributed by atoms with van der Waals surface area (Å²) in [6.07, 6.45) is -0.108. The molecule has 0 atom stereocenters. The summed E-state index contributed by atoms with van der Waals surface area (Å²) in [6, 6.07) is 4.29. The van der Waals surface area contributed by atoms with Gasteiger partial charge in [-0.15, -0.1) is 0 Å². The van der Waals surface area contributed by atoms with Gasteiger partial charge >= 0.3 is 5.97 Å². The Bertz CT molecular complexity index is 537. The van der Waals surface area contributed by atoms with Crippen molar-refractivity contribution in [2.24, 2.45) is 0 Å². The topological polar surface area (TPSA) is 83.9 Å². The molecule has 0 saturated carbocycles. The molecule has 1 heterocycles. The number of amides is 1. The van der Waals surface area contributed by atoms with E-state index in [4.69, 9.17) is 9.84 Å². The number of anilines is 1. The number of carboxylic acid groups (broad SMARTS) is 1. The third-order valence-electron chi connectivity index (χ3n) is 2.71. The van der Waals surface area contributed by atoms with Gasteiger partial charge in [-0.3, -0.25) is 9.59 Å². The van der Waals surface area contributed by atoms with Gasteiger partial charge in [-0.05, 0) is 12.1 Å². The molecule has 0 aromatic heterocycles. The number of aromatic carboxylic acids is 1. The maximum Gasteiger partial charge on any atom is 0.339 e. The zero-order valence-electron chi connectivity index (χ0n) is 9.67.